The number of ether oxygens (including phenoxy) is 1. The lowest BCUT2D eigenvalue weighted by molar-refractivity contribution is -0.386. The highest BCUT2D eigenvalue weighted by Crippen LogP contribution is 2.28. The van der Waals surface area contributed by atoms with Crippen molar-refractivity contribution in [1.82, 2.24) is 5.32 Å². The van der Waals surface area contributed by atoms with Gasteiger partial charge in [0.2, 0.25) is 5.75 Å². The number of hydrogen-bond acceptors (Lipinski definition) is 4. The normalized spacial score (nSPS) is 11.8. The molecule has 0 bridgehead atoms. The van der Waals surface area contributed by atoms with E-state index in [1.54, 1.807) is 0 Å². The van der Waals surface area contributed by atoms with Crippen molar-refractivity contribution in [1.29, 1.82) is 0 Å². The van der Waals surface area contributed by atoms with Crippen LogP contribution in [0.2, 0.25) is 0 Å². The molecule has 0 spiro atoms. The first kappa shape index (κ1) is 15.9. The Kier molecular flexibility index (Phi) is 5.89. The largest absolute Gasteiger partial charge is 0.474 e. The summed E-state index contributed by atoms with van der Waals surface area (Å²) in [5.41, 5.74) is -0.375. The summed E-state index contributed by atoms with van der Waals surface area (Å²) in [5, 5.41) is 13.4. The number of carbonyl (C=O) groups is 1. The third-order valence-corrected chi connectivity index (χ3v) is 2.62. The second kappa shape index (κ2) is 7.42. The molecule has 0 radical (unpaired) electrons. The van der Waals surface area contributed by atoms with E-state index < -0.39 is 22.8 Å². The second-order valence-electron chi connectivity index (χ2n) is 4.27. The van der Waals surface area contributed by atoms with Gasteiger partial charge in [-0.15, -0.1) is 0 Å². The van der Waals surface area contributed by atoms with E-state index >= 15 is 0 Å². The van der Waals surface area contributed by atoms with E-state index in [4.69, 9.17) is 4.74 Å². The van der Waals surface area contributed by atoms with Crippen molar-refractivity contribution in [2.45, 2.75) is 32.8 Å². The maximum absolute atomic E-state index is 13.1. The molecular formula is C13H17FN2O4. The highest BCUT2D eigenvalue weighted by molar-refractivity contribution is 5.80. The fraction of sp³-hybridized carbons (Fsp3) is 0.462. The van der Waals surface area contributed by atoms with Gasteiger partial charge in [0.25, 0.3) is 5.91 Å². The van der Waals surface area contributed by atoms with Crippen molar-refractivity contribution in [2.24, 2.45) is 0 Å². The molecule has 1 unspecified atom stereocenters. The third kappa shape index (κ3) is 4.49. The molecule has 1 aromatic rings. The van der Waals surface area contributed by atoms with Crippen LogP contribution >= 0.6 is 0 Å². The average Bonchev–Trinajstić information content (AvgIpc) is 2.38. The summed E-state index contributed by atoms with van der Waals surface area (Å²) in [5.74, 6) is -1.31. The van der Waals surface area contributed by atoms with Gasteiger partial charge in [-0.05, 0) is 19.4 Å². The number of benzene rings is 1. The molecule has 0 heterocycles. The number of unbranched alkanes of at least 4 members (excludes halogenated alkanes) is 1. The van der Waals surface area contributed by atoms with Gasteiger partial charge in [0.15, 0.2) is 6.10 Å². The summed E-state index contributed by atoms with van der Waals surface area (Å²) in [6, 6.07) is 2.87. The number of amides is 1. The van der Waals surface area contributed by atoms with Gasteiger partial charge in [0.1, 0.15) is 5.82 Å². The van der Waals surface area contributed by atoms with Gasteiger partial charge in [0, 0.05) is 18.7 Å². The predicted octanol–water partition coefficient (Wildman–Crippen LogP) is 2.42. The molecule has 0 aromatic heterocycles. The van der Waals surface area contributed by atoms with Crippen LogP contribution in [0.5, 0.6) is 5.75 Å². The first-order valence-corrected chi connectivity index (χ1v) is 6.34. The van der Waals surface area contributed by atoms with Gasteiger partial charge < -0.3 is 10.1 Å². The summed E-state index contributed by atoms with van der Waals surface area (Å²) in [4.78, 5) is 21.8. The number of nitrogens with one attached hydrogen (secondary N) is 1. The van der Waals surface area contributed by atoms with Crippen LogP contribution in [0.1, 0.15) is 26.7 Å². The van der Waals surface area contributed by atoms with Crippen molar-refractivity contribution in [3.63, 3.8) is 0 Å². The molecule has 6 nitrogen and oxygen atoms in total. The number of nitrogens with zero attached hydrogens (tertiary/aromatic N) is 1. The number of halogens is 1. The van der Waals surface area contributed by atoms with Crippen LogP contribution in [-0.4, -0.2) is 23.5 Å². The topological polar surface area (TPSA) is 81.5 Å². The molecule has 0 saturated carbocycles. The van der Waals surface area contributed by atoms with E-state index in [0.29, 0.717) is 6.54 Å². The molecule has 0 fully saturated rings. The van der Waals surface area contributed by atoms with E-state index in [1.165, 1.54) is 6.92 Å². The molecule has 1 N–H and O–H groups in total. The molecule has 110 valence electrons. The highest BCUT2D eigenvalue weighted by Gasteiger charge is 2.21. The fourth-order valence-corrected chi connectivity index (χ4v) is 1.51. The van der Waals surface area contributed by atoms with Crippen LogP contribution in [0.25, 0.3) is 0 Å². The number of rotatable bonds is 7. The maximum atomic E-state index is 13.1. The lowest BCUT2D eigenvalue weighted by atomic mass is 10.2. The van der Waals surface area contributed by atoms with Gasteiger partial charge in [0.05, 0.1) is 4.92 Å². The van der Waals surface area contributed by atoms with Crippen LogP contribution < -0.4 is 10.1 Å². The molecule has 1 atom stereocenters. The molecule has 20 heavy (non-hydrogen) atoms. The Balaban J connectivity index is 2.74. The van der Waals surface area contributed by atoms with Crippen molar-refractivity contribution in [2.75, 3.05) is 6.54 Å². The zero-order valence-electron chi connectivity index (χ0n) is 11.4. The van der Waals surface area contributed by atoms with Gasteiger partial charge in [-0.1, -0.05) is 13.3 Å². The van der Waals surface area contributed by atoms with E-state index in [1.807, 2.05) is 6.92 Å². The van der Waals surface area contributed by atoms with Gasteiger partial charge >= 0.3 is 5.69 Å². The number of hydrogen-bond donors (Lipinski definition) is 1. The Hall–Kier alpha value is -2.18. The van der Waals surface area contributed by atoms with Crippen LogP contribution in [0.3, 0.4) is 0 Å². The Morgan fingerprint density at radius 3 is 2.85 bits per heavy atom. The number of carbonyl (C=O) groups excluding carboxylic acids is 1. The smallest absolute Gasteiger partial charge is 0.311 e. The summed E-state index contributed by atoms with van der Waals surface area (Å²) in [7, 11) is 0. The van der Waals surface area contributed by atoms with Crippen LogP contribution in [0, 0.1) is 15.9 Å². The average molecular weight is 284 g/mol. The molecule has 0 aliphatic rings. The summed E-state index contributed by atoms with van der Waals surface area (Å²) in [6.07, 6.45) is 0.830. The second-order valence-corrected chi connectivity index (χ2v) is 4.27. The van der Waals surface area contributed by atoms with Crippen molar-refractivity contribution in [3.05, 3.63) is 34.1 Å². The molecule has 1 rings (SSSR count). The minimum Gasteiger partial charge on any atom is -0.474 e. The summed E-state index contributed by atoms with van der Waals surface area (Å²) in [6.45, 7) is 3.95. The minimum atomic E-state index is -0.938. The highest BCUT2D eigenvalue weighted by atomic mass is 19.1. The lowest BCUT2D eigenvalue weighted by Crippen LogP contribution is -2.36. The maximum Gasteiger partial charge on any atom is 0.311 e. The quantitative estimate of drug-likeness (QED) is 0.473. The molecule has 1 aromatic carbocycles. The van der Waals surface area contributed by atoms with Crippen LogP contribution in [0.4, 0.5) is 10.1 Å². The predicted molar refractivity (Wildman–Crippen MR) is 71.1 cm³/mol. The van der Waals surface area contributed by atoms with E-state index in [-0.39, 0.29) is 11.4 Å². The standard InChI is InChI=1S/C13H17FN2O4/c1-3-4-7-15-13(17)9(2)20-12-8-10(14)5-6-11(12)16(18)19/h5-6,8-9H,3-4,7H2,1-2H3,(H,15,17). The van der Waals surface area contributed by atoms with Crippen molar-refractivity contribution < 1.29 is 18.8 Å². The molecule has 0 saturated heterocycles. The minimum absolute atomic E-state index is 0.256. The van der Waals surface area contributed by atoms with Crippen LogP contribution in [-0.2, 0) is 4.79 Å². The lowest BCUT2D eigenvalue weighted by Gasteiger charge is -2.14. The number of nitro groups is 1. The molecule has 1 amide bonds. The molecule has 0 aliphatic carbocycles. The van der Waals surface area contributed by atoms with E-state index in [2.05, 4.69) is 5.32 Å². The number of nitro benzene ring substituents is 1. The fourth-order valence-electron chi connectivity index (χ4n) is 1.51. The molecular weight excluding hydrogens is 267 g/mol. The zero-order valence-corrected chi connectivity index (χ0v) is 11.4. The Morgan fingerprint density at radius 1 is 1.55 bits per heavy atom. The SMILES string of the molecule is CCCCNC(=O)C(C)Oc1cc(F)ccc1[N+](=O)[O-]. The van der Waals surface area contributed by atoms with E-state index in [9.17, 15) is 19.3 Å². The third-order valence-electron chi connectivity index (χ3n) is 2.62. The summed E-state index contributed by atoms with van der Waals surface area (Å²) < 4.78 is 18.3. The monoisotopic (exact) mass is 284 g/mol. The Labute approximate surface area is 116 Å². The van der Waals surface area contributed by atoms with E-state index in [0.717, 1.165) is 31.0 Å². The molecule has 7 heteroatoms. The van der Waals surface area contributed by atoms with Crippen molar-refractivity contribution >= 4 is 11.6 Å². The van der Waals surface area contributed by atoms with Gasteiger partial charge in [-0.25, -0.2) is 4.39 Å². The van der Waals surface area contributed by atoms with Gasteiger partial charge in [-0.3, -0.25) is 14.9 Å². The molecule has 0 aliphatic heterocycles. The van der Waals surface area contributed by atoms with Gasteiger partial charge in [-0.2, -0.15) is 0 Å². The summed E-state index contributed by atoms with van der Waals surface area (Å²) >= 11 is 0. The Morgan fingerprint density at radius 2 is 2.25 bits per heavy atom. The van der Waals surface area contributed by atoms with Crippen molar-refractivity contribution in [3.8, 4) is 5.75 Å². The zero-order chi connectivity index (χ0) is 15.1. The first-order chi connectivity index (χ1) is 9.45. The van der Waals surface area contributed by atoms with Crippen LogP contribution in [0.15, 0.2) is 18.2 Å². The Bertz CT molecular complexity index is 493. The first-order valence-electron chi connectivity index (χ1n) is 6.34.